The number of carbonyl (C=O) groups is 2. The molecular formula is C26H32N4O10. The molecule has 0 radical (unpaired) electrons. The Morgan fingerprint density at radius 1 is 0.825 bits per heavy atom. The van der Waals surface area contributed by atoms with Crippen LogP contribution < -0.4 is 0 Å². The Morgan fingerprint density at radius 2 is 1.18 bits per heavy atom. The summed E-state index contributed by atoms with van der Waals surface area (Å²) in [4.78, 5) is 52.5. The van der Waals surface area contributed by atoms with Crippen molar-refractivity contribution < 1.29 is 39.1 Å². The molecule has 2 N–H and O–H groups in total. The van der Waals surface area contributed by atoms with Crippen molar-refractivity contribution in [2.24, 2.45) is 0 Å². The highest BCUT2D eigenvalue weighted by atomic mass is 16.6. The third kappa shape index (κ3) is 5.89. The summed E-state index contributed by atoms with van der Waals surface area (Å²) in [7, 11) is 0. The van der Waals surface area contributed by atoms with Gasteiger partial charge in [0.2, 0.25) is 0 Å². The molecule has 0 amide bonds. The van der Waals surface area contributed by atoms with Gasteiger partial charge in [-0.25, -0.2) is 0 Å². The van der Waals surface area contributed by atoms with Gasteiger partial charge in [0.15, 0.2) is 11.6 Å². The van der Waals surface area contributed by atoms with Crippen molar-refractivity contribution in [1.29, 1.82) is 0 Å². The van der Waals surface area contributed by atoms with Crippen molar-refractivity contribution in [3.63, 3.8) is 0 Å². The van der Waals surface area contributed by atoms with Gasteiger partial charge in [0.1, 0.15) is 23.6 Å². The number of rotatable bonds is 6. The van der Waals surface area contributed by atoms with Gasteiger partial charge >= 0.3 is 0 Å². The van der Waals surface area contributed by atoms with Crippen LogP contribution in [0.15, 0.2) is 36.9 Å². The van der Waals surface area contributed by atoms with Crippen LogP contribution in [0.2, 0.25) is 0 Å². The highest BCUT2D eigenvalue weighted by molar-refractivity contribution is 5.89. The Hall–Kier alpha value is -3.72. The largest absolute Gasteiger partial charge is 0.379 e. The fourth-order valence-electron chi connectivity index (χ4n) is 4.94. The van der Waals surface area contributed by atoms with E-state index in [4.69, 9.17) is 9.47 Å². The molecule has 0 saturated carbocycles. The minimum atomic E-state index is -1.52. The maximum atomic E-state index is 12.1. The molecule has 0 aromatic carbocycles. The quantitative estimate of drug-likeness (QED) is 0.386. The van der Waals surface area contributed by atoms with Gasteiger partial charge in [0.25, 0.3) is 11.4 Å². The van der Waals surface area contributed by atoms with Gasteiger partial charge in [-0.05, 0) is 38.8 Å². The number of pyridine rings is 2. The summed E-state index contributed by atoms with van der Waals surface area (Å²) in [6.45, 7) is 6.60. The molecule has 2 saturated heterocycles. The van der Waals surface area contributed by atoms with Crippen LogP contribution in [0.4, 0.5) is 11.4 Å². The van der Waals surface area contributed by atoms with E-state index in [0.717, 1.165) is 12.4 Å². The van der Waals surface area contributed by atoms with Gasteiger partial charge in [-0.2, -0.15) is 0 Å². The van der Waals surface area contributed by atoms with Crippen LogP contribution in [0.1, 0.15) is 76.7 Å². The first-order valence-electron chi connectivity index (χ1n) is 12.8. The number of ketones is 2. The van der Waals surface area contributed by atoms with E-state index in [1.54, 1.807) is 27.7 Å². The number of nitro groups is 2. The summed E-state index contributed by atoms with van der Waals surface area (Å²) in [5, 5.41) is 42.5. The van der Waals surface area contributed by atoms with Crippen molar-refractivity contribution in [1.82, 2.24) is 9.97 Å². The highest BCUT2D eigenvalue weighted by Gasteiger charge is 2.48. The molecule has 6 atom stereocenters. The van der Waals surface area contributed by atoms with Crippen LogP contribution in [0.3, 0.4) is 0 Å². The fraction of sp³-hybridized carbons (Fsp3) is 0.538. The van der Waals surface area contributed by atoms with E-state index in [-0.39, 0.29) is 48.6 Å². The smallest absolute Gasteiger partial charge is 0.293 e. The lowest BCUT2D eigenvalue weighted by atomic mass is 9.82. The lowest BCUT2D eigenvalue weighted by Gasteiger charge is -2.39. The van der Waals surface area contributed by atoms with Crippen LogP contribution in [0, 0.1) is 20.2 Å². The minimum Gasteiger partial charge on any atom is -0.379 e. The van der Waals surface area contributed by atoms with E-state index in [1.165, 1.54) is 24.5 Å². The molecule has 2 aromatic heterocycles. The first-order chi connectivity index (χ1) is 18.8. The average molecular weight is 561 g/mol. The van der Waals surface area contributed by atoms with Crippen molar-refractivity contribution in [2.45, 2.75) is 89.0 Å². The molecule has 0 aliphatic carbocycles. The number of Topliss-reactive ketones (excluding diaryl/α,β-unsaturated/α-hetero) is 2. The van der Waals surface area contributed by atoms with Gasteiger partial charge < -0.3 is 19.7 Å². The number of aliphatic hydroxyl groups is 2. The number of carbonyl (C=O) groups excluding carboxylic acids is 2. The molecule has 0 spiro atoms. The summed E-state index contributed by atoms with van der Waals surface area (Å²) in [6.07, 6.45) is 2.54. The van der Waals surface area contributed by atoms with E-state index in [1.807, 2.05) is 0 Å². The second kappa shape index (κ2) is 12.2. The van der Waals surface area contributed by atoms with Crippen molar-refractivity contribution in [3.8, 4) is 0 Å². The van der Waals surface area contributed by atoms with Gasteiger partial charge in [0, 0.05) is 25.2 Å². The highest BCUT2D eigenvalue weighted by Crippen LogP contribution is 2.40. The minimum absolute atomic E-state index is 0.0838. The summed E-state index contributed by atoms with van der Waals surface area (Å²) in [5.74, 6) is -0.704. The van der Waals surface area contributed by atoms with Crippen LogP contribution in [-0.4, -0.2) is 65.0 Å². The molecule has 40 heavy (non-hydrogen) atoms. The van der Waals surface area contributed by atoms with Crippen molar-refractivity contribution in [2.75, 3.05) is 0 Å². The molecule has 4 heterocycles. The average Bonchev–Trinajstić information content (AvgIpc) is 2.94. The van der Waals surface area contributed by atoms with Crippen LogP contribution in [0.25, 0.3) is 0 Å². The van der Waals surface area contributed by atoms with E-state index >= 15 is 0 Å². The molecule has 14 nitrogen and oxygen atoms in total. The summed E-state index contributed by atoms with van der Waals surface area (Å²) in [6, 6.07) is 2.94. The second-order valence-corrected chi connectivity index (χ2v) is 9.73. The normalized spacial score (nSPS) is 30.2. The zero-order valence-corrected chi connectivity index (χ0v) is 22.6. The Balaban J connectivity index is 0.000000220. The SMILES string of the molecule is CC[C@@]1(O)C(=O)C[C@H](c2ccncc2[N+](=O)[O-])O[C@@H]1C.CC[C@]1(O)C(=O)C[C@H](c2ccncc2[N+](=O)[O-])O[C@@H]1C. The van der Waals surface area contributed by atoms with E-state index in [9.17, 15) is 40.0 Å². The lowest BCUT2D eigenvalue weighted by molar-refractivity contribution is -0.386. The zero-order chi connectivity index (χ0) is 29.8. The molecule has 0 bridgehead atoms. The summed E-state index contributed by atoms with van der Waals surface area (Å²) in [5.41, 5.74) is -2.78. The van der Waals surface area contributed by atoms with Gasteiger partial charge in [-0.1, -0.05) is 13.8 Å². The van der Waals surface area contributed by atoms with E-state index in [2.05, 4.69) is 9.97 Å². The molecule has 2 fully saturated rings. The molecule has 216 valence electrons. The lowest BCUT2D eigenvalue weighted by Crippen LogP contribution is -2.53. The number of hydrogen-bond acceptors (Lipinski definition) is 12. The third-order valence-electron chi connectivity index (χ3n) is 7.62. The Kier molecular flexibility index (Phi) is 9.40. The standard InChI is InChI=1S/2C13H16N2O5/c2*1-3-13(17)8(2)20-11(6-12(13)16)9-4-5-14-7-10(9)15(18)19/h2*4-5,7-8,11,17H,3,6H2,1-2H3/t8-,11-,13+;8-,11-,13-/m11/s1. The second-order valence-electron chi connectivity index (χ2n) is 9.73. The van der Waals surface area contributed by atoms with E-state index in [0.29, 0.717) is 11.1 Å². The first-order valence-corrected chi connectivity index (χ1v) is 12.8. The third-order valence-corrected chi connectivity index (χ3v) is 7.62. The molecule has 0 unspecified atom stereocenters. The van der Waals surface area contributed by atoms with Crippen LogP contribution in [-0.2, 0) is 19.1 Å². The number of ether oxygens (including phenoxy) is 2. The molecule has 2 aliphatic heterocycles. The molecule has 2 aliphatic rings. The number of hydrogen-bond donors (Lipinski definition) is 2. The molecule has 2 aromatic rings. The maximum absolute atomic E-state index is 12.1. The van der Waals surface area contributed by atoms with Crippen molar-refractivity contribution in [3.05, 3.63) is 68.3 Å². The first kappa shape index (κ1) is 30.8. The zero-order valence-electron chi connectivity index (χ0n) is 22.6. The van der Waals surface area contributed by atoms with Crippen LogP contribution >= 0.6 is 0 Å². The van der Waals surface area contributed by atoms with E-state index < -0.39 is 45.5 Å². The van der Waals surface area contributed by atoms with Gasteiger partial charge in [-0.15, -0.1) is 0 Å². The predicted molar refractivity (Wildman–Crippen MR) is 138 cm³/mol. The molecular weight excluding hydrogens is 528 g/mol. The summed E-state index contributed by atoms with van der Waals surface area (Å²) < 4.78 is 11.3. The Morgan fingerprint density at radius 3 is 1.45 bits per heavy atom. The van der Waals surface area contributed by atoms with Gasteiger partial charge in [0.05, 0.1) is 45.4 Å². The Labute approximate surface area is 229 Å². The van der Waals surface area contributed by atoms with Gasteiger partial charge in [-0.3, -0.25) is 39.8 Å². The monoisotopic (exact) mass is 560 g/mol. The van der Waals surface area contributed by atoms with Crippen molar-refractivity contribution >= 4 is 22.9 Å². The molecule has 14 heteroatoms. The fourth-order valence-corrected chi connectivity index (χ4v) is 4.94. The maximum Gasteiger partial charge on any atom is 0.293 e. The number of aromatic nitrogens is 2. The predicted octanol–water partition coefficient (Wildman–Crippen LogP) is 3.10. The van der Waals surface area contributed by atoms with Crippen LogP contribution in [0.5, 0.6) is 0 Å². The molecule has 4 rings (SSSR count). The summed E-state index contributed by atoms with van der Waals surface area (Å²) >= 11 is 0. The topological polar surface area (TPSA) is 205 Å². The number of nitrogens with zero attached hydrogens (tertiary/aromatic N) is 4. The Bertz CT molecular complexity index is 1190.